The van der Waals surface area contributed by atoms with Crippen molar-refractivity contribution in [1.29, 1.82) is 0 Å². The highest BCUT2D eigenvalue weighted by molar-refractivity contribution is 7.80. The van der Waals surface area contributed by atoms with Crippen LogP contribution in [0.2, 0.25) is 0 Å². The van der Waals surface area contributed by atoms with Gasteiger partial charge in [-0.1, -0.05) is 18.3 Å². The Hall–Kier alpha value is -2.18. The van der Waals surface area contributed by atoms with E-state index in [9.17, 15) is 0 Å². The minimum atomic E-state index is -0.0711. The van der Waals surface area contributed by atoms with Gasteiger partial charge in [-0.15, -0.1) is 0 Å². The van der Waals surface area contributed by atoms with Crippen LogP contribution in [-0.4, -0.2) is 22.2 Å². The van der Waals surface area contributed by atoms with Crippen LogP contribution in [0.15, 0.2) is 36.5 Å². The monoisotopic (exact) mass is 290 g/mol. The SMILES string of the molecule is COc1cc(CO)ccc1Oc1ncccc1C(N)=S. The minimum Gasteiger partial charge on any atom is -0.493 e. The molecule has 2 rings (SSSR count). The quantitative estimate of drug-likeness (QED) is 0.820. The summed E-state index contributed by atoms with van der Waals surface area (Å²) in [6, 6.07) is 8.59. The van der Waals surface area contributed by atoms with Crippen LogP contribution < -0.4 is 15.2 Å². The van der Waals surface area contributed by atoms with E-state index in [0.29, 0.717) is 22.9 Å². The molecule has 1 heterocycles. The van der Waals surface area contributed by atoms with E-state index in [1.807, 2.05) is 0 Å². The third kappa shape index (κ3) is 3.04. The Labute approximate surface area is 122 Å². The van der Waals surface area contributed by atoms with E-state index in [-0.39, 0.29) is 11.6 Å². The molecule has 1 aromatic heterocycles. The fourth-order valence-corrected chi connectivity index (χ4v) is 1.81. The first kappa shape index (κ1) is 14.2. The number of hydrogen-bond donors (Lipinski definition) is 2. The van der Waals surface area contributed by atoms with Gasteiger partial charge in [0.05, 0.1) is 19.3 Å². The number of methoxy groups -OCH3 is 1. The van der Waals surface area contributed by atoms with Crippen molar-refractivity contribution in [2.45, 2.75) is 6.61 Å². The molecule has 1 aromatic carbocycles. The highest BCUT2D eigenvalue weighted by Gasteiger charge is 2.12. The molecule has 20 heavy (non-hydrogen) atoms. The molecule has 0 unspecified atom stereocenters. The van der Waals surface area contributed by atoms with Gasteiger partial charge in [-0.05, 0) is 29.8 Å². The van der Waals surface area contributed by atoms with Crippen molar-refractivity contribution in [2.24, 2.45) is 5.73 Å². The number of benzene rings is 1. The van der Waals surface area contributed by atoms with Crippen molar-refractivity contribution in [3.8, 4) is 17.4 Å². The smallest absolute Gasteiger partial charge is 0.229 e. The largest absolute Gasteiger partial charge is 0.493 e. The summed E-state index contributed by atoms with van der Waals surface area (Å²) in [5.74, 6) is 1.28. The van der Waals surface area contributed by atoms with Gasteiger partial charge in [0.1, 0.15) is 4.99 Å². The lowest BCUT2D eigenvalue weighted by atomic mass is 10.2. The molecule has 104 valence electrons. The molecule has 0 aliphatic rings. The minimum absolute atomic E-state index is 0.0711. The van der Waals surface area contributed by atoms with Gasteiger partial charge in [-0.2, -0.15) is 0 Å². The predicted molar refractivity (Wildman–Crippen MR) is 79.1 cm³/mol. The average molecular weight is 290 g/mol. The first-order valence-electron chi connectivity index (χ1n) is 5.86. The van der Waals surface area contributed by atoms with Crippen molar-refractivity contribution in [2.75, 3.05) is 7.11 Å². The molecule has 0 atom stereocenters. The Bertz CT molecular complexity index is 632. The fourth-order valence-electron chi connectivity index (χ4n) is 1.66. The molecule has 0 bridgehead atoms. The van der Waals surface area contributed by atoms with Crippen LogP contribution in [-0.2, 0) is 6.61 Å². The second-order valence-corrected chi connectivity index (χ2v) is 4.41. The molecule has 0 aliphatic heterocycles. The van der Waals surface area contributed by atoms with Crippen LogP contribution in [0, 0.1) is 0 Å². The van der Waals surface area contributed by atoms with Crippen LogP contribution in [0.5, 0.6) is 17.4 Å². The lowest BCUT2D eigenvalue weighted by Crippen LogP contribution is -2.11. The number of aromatic nitrogens is 1. The summed E-state index contributed by atoms with van der Waals surface area (Å²) >= 11 is 4.96. The Kier molecular flexibility index (Phi) is 4.49. The normalized spacial score (nSPS) is 10.1. The van der Waals surface area contributed by atoms with Crippen molar-refractivity contribution in [3.05, 3.63) is 47.7 Å². The highest BCUT2D eigenvalue weighted by Crippen LogP contribution is 2.32. The van der Waals surface area contributed by atoms with Gasteiger partial charge in [0.25, 0.3) is 0 Å². The van der Waals surface area contributed by atoms with Crippen LogP contribution in [0.1, 0.15) is 11.1 Å². The Morgan fingerprint density at radius 1 is 1.35 bits per heavy atom. The summed E-state index contributed by atoms with van der Waals surface area (Å²) in [6.45, 7) is -0.0711. The van der Waals surface area contributed by atoms with Crippen LogP contribution in [0.25, 0.3) is 0 Å². The molecule has 0 radical (unpaired) electrons. The van der Waals surface area contributed by atoms with E-state index in [1.165, 1.54) is 7.11 Å². The third-order valence-electron chi connectivity index (χ3n) is 2.65. The zero-order valence-electron chi connectivity index (χ0n) is 10.9. The predicted octanol–water partition coefficient (Wildman–Crippen LogP) is 2.01. The number of nitrogens with two attached hydrogens (primary N) is 1. The zero-order valence-corrected chi connectivity index (χ0v) is 11.7. The maximum absolute atomic E-state index is 9.11. The number of thiocarbonyl (C=S) groups is 1. The maximum Gasteiger partial charge on any atom is 0.229 e. The zero-order chi connectivity index (χ0) is 14.5. The van der Waals surface area contributed by atoms with Crippen molar-refractivity contribution in [1.82, 2.24) is 4.98 Å². The molecule has 6 heteroatoms. The molecule has 5 nitrogen and oxygen atoms in total. The van der Waals surface area contributed by atoms with Gasteiger partial charge >= 0.3 is 0 Å². The Morgan fingerprint density at radius 2 is 2.15 bits per heavy atom. The first-order chi connectivity index (χ1) is 9.65. The summed E-state index contributed by atoms with van der Waals surface area (Å²) in [5, 5.41) is 9.11. The number of hydrogen-bond acceptors (Lipinski definition) is 5. The molecule has 0 saturated heterocycles. The van der Waals surface area contributed by atoms with Gasteiger partial charge < -0.3 is 20.3 Å². The van der Waals surface area contributed by atoms with Gasteiger partial charge in [0.2, 0.25) is 5.88 Å². The lowest BCUT2D eigenvalue weighted by Gasteiger charge is -2.12. The molecular formula is C14H14N2O3S. The summed E-state index contributed by atoms with van der Waals surface area (Å²) in [6.07, 6.45) is 1.59. The molecular weight excluding hydrogens is 276 g/mol. The van der Waals surface area contributed by atoms with E-state index in [4.69, 9.17) is 32.5 Å². The molecule has 0 spiro atoms. The second kappa shape index (κ2) is 6.31. The standard InChI is InChI=1S/C14H14N2O3S/c1-18-12-7-9(8-17)4-5-11(12)19-14-10(13(15)20)3-2-6-16-14/h2-7,17H,8H2,1H3,(H2,15,20). The van der Waals surface area contributed by atoms with Crippen molar-refractivity contribution in [3.63, 3.8) is 0 Å². The molecule has 0 saturated carbocycles. The molecule has 0 amide bonds. The summed E-state index contributed by atoms with van der Waals surface area (Å²) in [7, 11) is 1.52. The molecule has 0 fully saturated rings. The van der Waals surface area contributed by atoms with E-state index < -0.39 is 0 Å². The summed E-state index contributed by atoms with van der Waals surface area (Å²) in [5.41, 5.74) is 6.91. The van der Waals surface area contributed by atoms with Gasteiger partial charge in [0, 0.05) is 6.20 Å². The van der Waals surface area contributed by atoms with Crippen LogP contribution in [0.3, 0.4) is 0 Å². The van der Waals surface area contributed by atoms with Gasteiger partial charge in [0.15, 0.2) is 11.5 Å². The van der Waals surface area contributed by atoms with Crippen molar-refractivity contribution >= 4 is 17.2 Å². The number of nitrogens with zero attached hydrogens (tertiary/aromatic N) is 1. The van der Waals surface area contributed by atoms with Crippen molar-refractivity contribution < 1.29 is 14.6 Å². The summed E-state index contributed by atoms with van der Waals surface area (Å²) < 4.78 is 10.9. The molecule has 3 N–H and O–H groups in total. The van der Waals surface area contributed by atoms with E-state index >= 15 is 0 Å². The highest BCUT2D eigenvalue weighted by atomic mass is 32.1. The number of aliphatic hydroxyl groups is 1. The average Bonchev–Trinajstić information content (AvgIpc) is 2.48. The maximum atomic E-state index is 9.11. The number of aliphatic hydroxyl groups excluding tert-OH is 1. The van der Waals surface area contributed by atoms with E-state index in [1.54, 1.807) is 36.5 Å². The lowest BCUT2D eigenvalue weighted by molar-refractivity contribution is 0.280. The Balaban J connectivity index is 2.37. The second-order valence-electron chi connectivity index (χ2n) is 3.97. The molecule has 2 aromatic rings. The van der Waals surface area contributed by atoms with Gasteiger partial charge in [-0.3, -0.25) is 0 Å². The third-order valence-corrected chi connectivity index (χ3v) is 2.87. The van der Waals surface area contributed by atoms with Crippen LogP contribution in [0.4, 0.5) is 0 Å². The van der Waals surface area contributed by atoms with Gasteiger partial charge in [-0.25, -0.2) is 4.98 Å². The number of pyridine rings is 1. The number of ether oxygens (including phenoxy) is 2. The topological polar surface area (TPSA) is 77.6 Å². The molecule has 0 aliphatic carbocycles. The summed E-state index contributed by atoms with van der Waals surface area (Å²) in [4.78, 5) is 4.33. The number of rotatable bonds is 5. The van der Waals surface area contributed by atoms with E-state index in [0.717, 1.165) is 5.56 Å². The fraction of sp³-hybridized carbons (Fsp3) is 0.143. The van der Waals surface area contributed by atoms with Crippen LogP contribution >= 0.6 is 12.2 Å². The van der Waals surface area contributed by atoms with E-state index in [2.05, 4.69) is 4.98 Å². The first-order valence-corrected chi connectivity index (χ1v) is 6.27. The Morgan fingerprint density at radius 3 is 2.80 bits per heavy atom.